The predicted octanol–water partition coefficient (Wildman–Crippen LogP) is 4.81. The molecule has 0 amide bonds. The highest BCUT2D eigenvalue weighted by molar-refractivity contribution is 7.11. The van der Waals surface area contributed by atoms with Gasteiger partial charge in [0.25, 0.3) is 0 Å². The van der Waals surface area contributed by atoms with Crippen LogP contribution in [0.5, 0.6) is 0 Å². The van der Waals surface area contributed by atoms with E-state index in [-0.39, 0.29) is 5.54 Å². The van der Waals surface area contributed by atoms with Gasteiger partial charge in [-0.05, 0) is 64.7 Å². The quantitative estimate of drug-likeness (QED) is 0.844. The first-order valence-electron chi connectivity index (χ1n) is 8.78. The lowest BCUT2D eigenvalue weighted by molar-refractivity contribution is 0.153. The number of aromatic nitrogens is 1. The molecule has 118 valence electrons. The number of aryl methyl sites for hydroxylation is 2. The summed E-state index contributed by atoms with van der Waals surface area (Å²) in [5.41, 5.74) is 1.47. The third kappa shape index (κ3) is 3.19. The van der Waals surface area contributed by atoms with Gasteiger partial charge in [0.15, 0.2) is 0 Å². The van der Waals surface area contributed by atoms with E-state index in [0.29, 0.717) is 6.04 Å². The Balaban J connectivity index is 1.91. The standard InChI is InChI=1S/C18H30N2S/c1-5-16-13(4)21-17(19-16)18(20-12(2)3)10-6-7-15(11-18)14-8-9-14/h12,14-15,20H,5-11H2,1-4H3. The highest BCUT2D eigenvalue weighted by Crippen LogP contribution is 2.50. The van der Waals surface area contributed by atoms with E-state index in [0.717, 1.165) is 18.3 Å². The van der Waals surface area contributed by atoms with Crippen molar-refractivity contribution >= 4 is 11.3 Å². The third-order valence-electron chi connectivity index (χ3n) is 5.28. The first-order chi connectivity index (χ1) is 10.0. The van der Waals surface area contributed by atoms with Crippen LogP contribution in [-0.4, -0.2) is 11.0 Å². The lowest BCUT2D eigenvalue weighted by atomic mass is 9.73. The monoisotopic (exact) mass is 306 g/mol. The number of nitrogens with zero attached hydrogens (tertiary/aromatic N) is 1. The van der Waals surface area contributed by atoms with Crippen molar-refractivity contribution in [3.8, 4) is 0 Å². The van der Waals surface area contributed by atoms with E-state index < -0.39 is 0 Å². The molecule has 21 heavy (non-hydrogen) atoms. The maximum atomic E-state index is 5.05. The van der Waals surface area contributed by atoms with E-state index in [9.17, 15) is 0 Å². The summed E-state index contributed by atoms with van der Waals surface area (Å²) in [5, 5.41) is 5.31. The summed E-state index contributed by atoms with van der Waals surface area (Å²) in [6, 6.07) is 0.525. The van der Waals surface area contributed by atoms with Gasteiger partial charge in [0, 0.05) is 10.9 Å². The first-order valence-corrected chi connectivity index (χ1v) is 9.60. The van der Waals surface area contributed by atoms with Crippen molar-refractivity contribution in [2.75, 3.05) is 0 Å². The van der Waals surface area contributed by atoms with Gasteiger partial charge in [0.1, 0.15) is 5.01 Å². The van der Waals surface area contributed by atoms with E-state index in [1.165, 1.54) is 54.1 Å². The molecule has 0 spiro atoms. The molecule has 2 atom stereocenters. The Labute approximate surface area is 133 Å². The van der Waals surface area contributed by atoms with Crippen molar-refractivity contribution in [1.29, 1.82) is 0 Å². The molecule has 0 saturated heterocycles. The molecule has 0 bridgehead atoms. The predicted molar refractivity (Wildman–Crippen MR) is 90.9 cm³/mol. The summed E-state index contributed by atoms with van der Waals surface area (Å²) in [5.74, 6) is 1.95. The summed E-state index contributed by atoms with van der Waals surface area (Å²) in [6.45, 7) is 9.03. The SMILES string of the molecule is CCc1nc(C2(NC(C)C)CCCC(C3CC3)C2)sc1C. The average Bonchev–Trinajstić information content (AvgIpc) is 3.21. The molecule has 0 aliphatic heterocycles. The van der Waals surface area contributed by atoms with Crippen molar-refractivity contribution in [3.63, 3.8) is 0 Å². The van der Waals surface area contributed by atoms with Crippen molar-refractivity contribution < 1.29 is 0 Å². The maximum absolute atomic E-state index is 5.05. The van der Waals surface area contributed by atoms with E-state index in [2.05, 4.69) is 33.0 Å². The van der Waals surface area contributed by atoms with Crippen LogP contribution in [0.25, 0.3) is 0 Å². The highest BCUT2D eigenvalue weighted by Gasteiger charge is 2.44. The van der Waals surface area contributed by atoms with Gasteiger partial charge in [-0.15, -0.1) is 11.3 Å². The molecule has 3 heteroatoms. The van der Waals surface area contributed by atoms with Gasteiger partial charge in [0.2, 0.25) is 0 Å². The molecule has 2 unspecified atom stereocenters. The Morgan fingerprint density at radius 1 is 1.29 bits per heavy atom. The molecule has 1 N–H and O–H groups in total. The molecule has 0 aromatic carbocycles. The molecule has 2 nitrogen and oxygen atoms in total. The summed E-state index contributed by atoms with van der Waals surface area (Å²) in [7, 11) is 0. The number of hydrogen-bond donors (Lipinski definition) is 1. The topological polar surface area (TPSA) is 24.9 Å². The van der Waals surface area contributed by atoms with E-state index in [1.807, 2.05) is 11.3 Å². The number of thiazole rings is 1. The summed E-state index contributed by atoms with van der Waals surface area (Å²) >= 11 is 1.95. The molecule has 2 aliphatic rings. The minimum absolute atomic E-state index is 0.155. The number of rotatable bonds is 5. The average molecular weight is 307 g/mol. The van der Waals surface area contributed by atoms with Gasteiger partial charge >= 0.3 is 0 Å². The van der Waals surface area contributed by atoms with Gasteiger partial charge in [-0.3, -0.25) is 0 Å². The van der Waals surface area contributed by atoms with Crippen LogP contribution < -0.4 is 5.32 Å². The molecular formula is C18H30N2S. The Morgan fingerprint density at radius 3 is 2.62 bits per heavy atom. The lowest BCUT2D eigenvalue weighted by Gasteiger charge is -2.42. The van der Waals surface area contributed by atoms with Crippen molar-refractivity contribution in [1.82, 2.24) is 10.3 Å². The van der Waals surface area contributed by atoms with Gasteiger partial charge in [-0.25, -0.2) is 4.98 Å². The molecule has 0 radical (unpaired) electrons. The number of nitrogens with one attached hydrogen (secondary N) is 1. The Bertz CT molecular complexity index is 489. The molecule has 1 aromatic heterocycles. The second kappa shape index (κ2) is 6.00. The lowest BCUT2D eigenvalue weighted by Crippen LogP contribution is -2.49. The van der Waals surface area contributed by atoms with Crippen LogP contribution in [0, 0.1) is 18.8 Å². The number of hydrogen-bond acceptors (Lipinski definition) is 3. The largest absolute Gasteiger partial charge is 0.303 e. The minimum Gasteiger partial charge on any atom is -0.303 e. The van der Waals surface area contributed by atoms with Crippen molar-refractivity contribution in [2.24, 2.45) is 11.8 Å². The zero-order chi connectivity index (χ0) is 15.0. The smallest absolute Gasteiger partial charge is 0.113 e. The summed E-state index contributed by atoms with van der Waals surface area (Å²) in [4.78, 5) is 6.47. The van der Waals surface area contributed by atoms with Crippen LogP contribution in [0.15, 0.2) is 0 Å². The molecule has 2 fully saturated rings. The van der Waals surface area contributed by atoms with Crippen LogP contribution in [0.2, 0.25) is 0 Å². The molecule has 3 rings (SSSR count). The van der Waals surface area contributed by atoms with E-state index >= 15 is 0 Å². The van der Waals surface area contributed by atoms with Crippen LogP contribution >= 0.6 is 11.3 Å². The van der Waals surface area contributed by atoms with Gasteiger partial charge in [-0.1, -0.05) is 19.8 Å². The second-order valence-corrected chi connectivity index (χ2v) is 8.65. The van der Waals surface area contributed by atoms with Gasteiger partial charge in [-0.2, -0.15) is 0 Å². The Kier molecular flexibility index (Phi) is 4.42. The van der Waals surface area contributed by atoms with E-state index in [4.69, 9.17) is 4.98 Å². The van der Waals surface area contributed by atoms with E-state index in [1.54, 1.807) is 0 Å². The molecule has 2 saturated carbocycles. The fourth-order valence-electron chi connectivity index (χ4n) is 4.19. The second-order valence-electron chi connectivity index (χ2n) is 7.45. The molecule has 1 heterocycles. The summed E-state index contributed by atoms with van der Waals surface area (Å²) in [6.07, 6.45) is 9.39. The van der Waals surface area contributed by atoms with Crippen LogP contribution in [0.3, 0.4) is 0 Å². The molecule has 2 aliphatic carbocycles. The Hall–Kier alpha value is -0.410. The third-order valence-corrected chi connectivity index (χ3v) is 6.50. The Morgan fingerprint density at radius 2 is 2.05 bits per heavy atom. The minimum atomic E-state index is 0.155. The molecular weight excluding hydrogens is 276 g/mol. The molecule has 1 aromatic rings. The fourth-order valence-corrected chi connectivity index (χ4v) is 5.38. The van der Waals surface area contributed by atoms with Crippen LogP contribution in [-0.2, 0) is 12.0 Å². The van der Waals surface area contributed by atoms with Crippen molar-refractivity contribution in [3.05, 3.63) is 15.6 Å². The summed E-state index contributed by atoms with van der Waals surface area (Å²) < 4.78 is 0. The first kappa shape index (κ1) is 15.5. The maximum Gasteiger partial charge on any atom is 0.113 e. The normalized spacial score (nSPS) is 30.0. The van der Waals surface area contributed by atoms with Crippen molar-refractivity contribution in [2.45, 2.75) is 84.2 Å². The van der Waals surface area contributed by atoms with Gasteiger partial charge < -0.3 is 5.32 Å². The zero-order valence-corrected chi connectivity index (χ0v) is 14.9. The fraction of sp³-hybridized carbons (Fsp3) is 0.833. The van der Waals surface area contributed by atoms with Gasteiger partial charge in [0.05, 0.1) is 11.2 Å². The van der Waals surface area contributed by atoms with Crippen LogP contribution in [0.4, 0.5) is 0 Å². The van der Waals surface area contributed by atoms with Crippen LogP contribution in [0.1, 0.15) is 74.9 Å². The highest BCUT2D eigenvalue weighted by atomic mass is 32.1. The zero-order valence-electron chi connectivity index (χ0n) is 14.0.